The highest BCUT2D eigenvalue weighted by Crippen LogP contribution is 2.28. The van der Waals surface area contributed by atoms with Gasteiger partial charge in [0.25, 0.3) is 5.91 Å². The van der Waals surface area contributed by atoms with Crippen molar-refractivity contribution in [3.8, 4) is 5.82 Å². The number of carbonyl (C=O) groups is 1. The zero-order chi connectivity index (χ0) is 17.2. The molecule has 1 amide bonds. The molecule has 122 valence electrons. The fraction of sp³-hybridized carbons (Fsp3) is 0.0714. The summed E-state index contributed by atoms with van der Waals surface area (Å²) in [5.41, 5.74) is -0.354. The molecular weight excluding hydrogens is 325 g/mol. The van der Waals surface area contributed by atoms with Crippen molar-refractivity contribution in [2.24, 2.45) is 0 Å². The standard InChI is InChI=1S/C14H9F3N6O/c15-14(16,17)9-1-2-12(19-7-9)23-8-11(21-22-23)13(24)20-10-3-5-18-6-4-10/h1-8H,(H,18,20,24). The molecule has 3 rings (SSSR count). The Balaban J connectivity index is 1.77. The molecule has 0 aromatic carbocycles. The Hall–Kier alpha value is -3.30. The Bertz CT molecular complexity index is 845. The summed E-state index contributed by atoms with van der Waals surface area (Å²) in [5.74, 6) is -0.405. The third-order valence-electron chi connectivity index (χ3n) is 2.97. The Kier molecular flexibility index (Phi) is 3.94. The quantitative estimate of drug-likeness (QED) is 0.794. The number of alkyl halides is 3. The predicted octanol–water partition coefficient (Wildman–Crippen LogP) is 2.33. The van der Waals surface area contributed by atoms with Gasteiger partial charge in [-0.3, -0.25) is 9.78 Å². The van der Waals surface area contributed by atoms with Crippen LogP contribution in [0.1, 0.15) is 16.1 Å². The smallest absolute Gasteiger partial charge is 0.320 e. The van der Waals surface area contributed by atoms with Gasteiger partial charge in [0.1, 0.15) is 0 Å². The number of aromatic nitrogens is 5. The van der Waals surface area contributed by atoms with Gasteiger partial charge in [-0.25, -0.2) is 9.67 Å². The molecule has 24 heavy (non-hydrogen) atoms. The lowest BCUT2D eigenvalue weighted by Crippen LogP contribution is -2.12. The Morgan fingerprint density at radius 2 is 1.88 bits per heavy atom. The molecule has 0 aliphatic heterocycles. The van der Waals surface area contributed by atoms with Gasteiger partial charge in [-0.2, -0.15) is 13.2 Å². The van der Waals surface area contributed by atoms with Gasteiger partial charge in [0, 0.05) is 24.3 Å². The zero-order valence-corrected chi connectivity index (χ0v) is 11.9. The van der Waals surface area contributed by atoms with E-state index in [1.807, 2.05) is 0 Å². The molecule has 0 bridgehead atoms. The average molecular weight is 334 g/mol. The van der Waals surface area contributed by atoms with Crippen LogP contribution in [0.3, 0.4) is 0 Å². The topological polar surface area (TPSA) is 85.6 Å². The van der Waals surface area contributed by atoms with Crippen LogP contribution in [0.2, 0.25) is 0 Å². The van der Waals surface area contributed by atoms with Crippen LogP contribution >= 0.6 is 0 Å². The van der Waals surface area contributed by atoms with E-state index in [1.165, 1.54) is 18.6 Å². The Morgan fingerprint density at radius 3 is 2.50 bits per heavy atom. The van der Waals surface area contributed by atoms with Gasteiger partial charge >= 0.3 is 6.18 Å². The summed E-state index contributed by atoms with van der Waals surface area (Å²) in [7, 11) is 0. The van der Waals surface area contributed by atoms with Gasteiger partial charge in [0.15, 0.2) is 11.5 Å². The van der Waals surface area contributed by atoms with Gasteiger partial charge in [-0.1, -0.05) is 5.21 Å². The van der Waals surface area contributed by atoms with Crippen LogP contribution < -0.4 is 5.32 Å². The molecule has 0 saturated heterocycles. The van der Waals surface area contributed by atoms with E-state index in [0.717, 1.165) is 16.8 Å². The highest BCUT2D eigenvalue weighted by molar-refractivity contribution is 6.02. The van der Waals surface area contributed by atoms with Crippen molar-refractivity contribution in [3.63, 3.8) is 0 Å². The van der Waals surface area contributed by atoms with Crippen LogP contribution in [-0.2, 0) is 6.18 Å². The number of nitrogens with zero attached hydrogens (tertiary/aromatic N) is 5. The van der Waals surface area contributed by atoms with E-state index in [1.54, 1.807) is 12.1 Å². The Labute approximate surface area is 133 Å². The van der Waals surface area contributed by atoms with Crippen molar-refractivity contribution in [2.45, 2.75) is 6.18 Å². The molecule has 7 nitrogen and oxygen atoms in total. The molecular formula is C14H9F3N6O. The third-order valence-corrected chi connectivity index (χ3v) is 2.97. The number of amides is 1. The van der Waals surface area contributed by atoms with Crippen molar-refractivity contribution >= 4 is 11.6 Å². The number of hydrogen-bond acceptors (Lipinski definition) is 5. The second kappa shape index (κ2) is 6.07. The largest absolute Gasteiger partial charge is 0.417 e. The minimum Gasteiger partial charge on any atom is -0.320 e. The summed E-state index contributed by atoms with van der Waals surface area (Å²) >= 11 is 0. The number of carbonyl (C=O) groups excluding carboxylic acids is 1. The molecule has 3 heterocycles. The lowest BCUT2D eigenvalue weighted by atomic mass is 10.3. The molecule has 3 aromatic heterocycles. The number of anilines is 1. The fourth-order valence-electron chi connectivity index (χ4n) is 1.80. The lowest BCUT2D eigenvalue weighted by molar-refractivity contribution is -0.137. The van der Waals surface area contributed by atoms with E-state index in [2.05, 4.69) is 25.6 Å². The minimum atomic E-state index is -4.47. The number of halogens is 3. The summed E-state index contributed by atoms with van der Waals surface area (Å²) in [6.45, 7) is 0. The molecule has 0 spiro atoms. The molecule has 0 atom stereocenters. The first-order valence-corrected chi connectivity index (χ1v) is 6.61. The number of nitrogens with one attached hydrogen (secondary N) is 1. The summed E-state index contributed by atoms with van der Waals surface area (Å²) < 4.78 is 38.6. The maximum Gasteiger partial charge on any atom is 0.417 e. The van der Waals surface area contributed by atoms with E-state index in [4.69, 9.17) is 0 Å². The maximum absolute atomic E-state index is 12.5. The molecule has 0 aliphatic rings. The van der Waals surface area contributed by atoms with Crippen LogP contribution in [0, 0.1) is 0 Å². The summed E-state index contributed by atoms with van der Waals surface area (Å²) in [4.78, 5) is 19.5. The SMILES string of the molecule is O=C(Nc1ccncc1)c1cn(-c2ccc(C(F)(F)F)cn2)nn1. The first-order valence-electron chi connectivity index (χ1n) is 6.61. The van der Waals surface area contributed by atoms with Gasteiger partial charge in [-0.05, 0) is 24.3 Å². The van der Waals surface area contributed by atoms with E-state index in [9.17, 15) is 18.0 Å². The van der Waals surface area contributed by atoms with E-state index < -0.39 is 17.6 Å². The van der Waals surface area contributed by atoms with Gasteiger partial charge in [-0.15, -0.1) is 5.10 Å². The van der Waals surface area contributed by atoms with Gasteiger partial charge in [0.2, 0.25) is 0 Å². The molecule has 0 radical (unpaired) electrons. The molecule has 0 aliphatic carbocycles. The molecule has 0 unspecified atom stereocenters. The molecule has 0 fully saturated rings. The van der Waals surface area contributed by atoms with Crippen molar-refractivity contribution in [2.75, 3.05) is 5.32 Å². The van der Waals surface area contributed by atoms with Crippen LogP contribution in [0.15, 0.2) is 49.1 Å². The van der Waals surface area contributed by atoms with E-state index >= 15 is 0 Å². The lowest BCUT2D eigenvalue weighted by Gasteiger charge is -2.06. The number of hydrogen-bond donors (Lipinski definition) is 1. The highest BCUT2D eigenvalue weighted by Gasteiger charge is 2.30. The summed E-state index contributed by atoms with van der Waals surface area (Å²) in [6.07, 6.45) is 0.514. The normalized spacial score (nSPS) is 11.3. The van der Waals surface area contributed by atoms with Crippen molar-refractivity contribution in [1.82, 2.24) is 25.0 Å². The Morgan fingerprint density at radius 1 is 1.12 bits per heavy atom. The molecule has 10 heteroatoms. The third kappa shape index (κ3) is 3.37. The van der Waals surface area contributed by atoms with Crippen LogP contribution in [-0.4, -0.2) is 30.9 Å². The first kappa shape index (κ1) is 15.6. The zero-order valence-electron chi connectivity index (χ0n) is 11.9. The molecule has 0 saturated carbocycles. The second-order valence-corrected chi connectivity index (χ2v) is 4.64. The monoisotopic (exact) mass is 334 g/mol. The van der Waals surface area contributed by atoms with Crippen molar-refractivity contribution in [1.29, 1.82) is 0 Å². The predicted molar refractivity (Wildman–Crippen MR) is 76.3 cm³/mol. The first-order chi connectivity index (χ1) is 11.4. The van der Waals surface area contributed by atoms with E-state index in [0.29, 0.717) is 11.9 Å². The van der Waals surface area contributed by atoms with Crippen LogP contribution in [0.4, 0.5) is 18.9 Å². The van der Waals surface area contributed by atoms with Gasteiger partial charge < -0.3 is 5.32 Å². The second-order valence-electron chi connectivity index (χ2n) is 4.64. The highest BCUT2D eigenvalue weighted by atomic mass is 19.4. The average Bonchev–Trinajstić information content (AvgIpc) is 3.05. The summed E-state index contributed by atoms with van der Waals surface area (Å²) in [6, 6.07) is 5.21. The van der Waals surface area contributed by atoms with Crippen molar-refractivity contribution < 1.29 is 18.0 Å². The number of rotatable bonds is 3. The minimum absolute atomic E-state index is 0.00601. The molecule has 1 N–H and O–H groups in total. The van der Waals surface area contributed by atoms with Crippen LogP contribution in [0.5, 0.6) is 0 Å². The van der Waals surface area contributed by atoms with Crippen molar-refractivity contribution in [3.05, 3.63) is 60.3 Å². The fourth-order valence-corrected chi connectivity index (χ4v) is 1.80. The maximum atomic E-state index is 12.5. The number of pyridine rings is 2. The van der Waals surface area contributed by atoms with E-state index in [-0.39, 0.29) is 11.5 Å². The summed E-state index contributed by atoms with van der Waals surface area (Å²) in [5, 5.41) is 9.96. The molecule has 3 aromatic rings. The van der Waals surface area contributed by atoms with Crippen LogP contribution in [0.25, 0.3) is 5.82 Å². The van der Waals surface area contributed by atoms with Gasteiger partial charge in [0.05, 0.1) is 11.8 Å².